The SMILES string of the molecule is O=S(=O)(Cl)c1nnc(COc2ccc(Cl)cc2)n1C1CC1. The summed E-state index contributed by atoms with van der Waals surface area (Å²) in [6, 6.07) is 6.93. The Balaban J connectivity index is 1.82. The molecule has 1 aromatic heterocycles. The molecule has 9 heteroatoms. The van der Waals surface area contributed by atoms with Crippen molar-refractivity contribution in [3.63, 3.8) is 0 Å². The molecule has 1 heterocycles. The minimum atomic E-state index is -3.92. The summed E-state index contributed by atoms with van der Waals surface area (Å²) in [5, 5.41) is 7.93. The van der Waals surface area contributed by atoms with Gasteiger partial charge in [-0.2, -0.15) is 0 Å². The smallest absolute Gasteiger partial charge is 0.296 e. The first-order chi connectivity index (χ1) is 9.95. The first-order valence-corrected chi connectivity index (χ1v) is 8.90. The molecule has 0 atom stereocenters. The van der Waals surface area contributed by atoms with E-state index >= 15 is 0 Å². The van der Waals surface area contributed by atoms with Crippen molar-refractivity contribution in [2.45, 2.75) is 30.6 Å². The Morgan fingerprint density at radius 3 is 2.48 bits per heavy atom. The summed E-state index contributed by atoms with van der Waals surface area (Å²) in [4.78, 5) is 0. The Hall–Kier alpha value is -1.31. The lowest BCUT2D eigenvalue weighted by Crippen LogP contribution is -2.10. The van der Waals surface area contributed by atoms with Crippen LogP contribution >= 0.6 is 22.3 Å². The van der Waals surface area contributed by atoms with Gasteiger partial charge < -0.3 is 4.74 Å². The summed E-state index contributed by atoms with van der Waals surface area (Å²) in [5.74, 6) is 1.05. The topological polar surface area (TPSA) is 74.1 Å². The summed E-state index contributed by atoms with van der Waals surface area (Å²) in [5.41, 5.74) is 0. The molecule has 0 spiro atoms. The van der Waals surface area contributed by atoms with Crippen LogP contribution in [0.3, 0.4) is 0 Å². The highest BCUT2D eigenvalue weighted by Crippen LogP contribution is 2.38. The van der Waals surface area contributed by atoms with Crippen LogP contribution in [0.5, 0.6) is 5.75 Å². The number of hydrogen-bond acceptors (Lipinski definition) is 5. The number of aromatic nitrogens is 3. The molecule has 21 heavy (non-hydrogen) atoms. The van der Waals surface area contributed by atoms with Crippen LogP contribution in [0.1, 0.15) is 24.7 Å². The fourth-order valence-corrected chi connectivity index (χ4v) is 3.02. The predicted octanol–water partition coefficient (Wildman–Crippen LogP) is 2.77. The zero-order chi connectivity index (χ0) is 15.0. The van der Waals surface area contributed by atoms with Crippen molar-refractivity contribution in [1.82, 2.24) is 14.8 Å². The van der Waals surface area contributed by atoms with Crippen LogP contribution in [0.25, 0.3) is 0 Å². The maximum Gasteiger partial charge on any atom is 0.296 e. The molecule has 1 aromatic carbocycles. The van der Waals surface area contributed by atoms with Crippen LogP contribution in [-0.4, -0.2) is 23.2 Å². The lowest BCUT2D eigenvalue weighted by atomic mass is 10.3. The number of ether oxygens (including phenoxy) is 1. The number of benzene rings is 1. The van der Waals surface area contributed by atoms with Crippen LogP contribution in [0.4, 0.5) is 0 Å². The Kier molecular flexibility index (Phi) is 3.81. The molecule has 0 unspecified atom stereocenters. The second kappa shape index (κ2) is 5.47. The van der Waals surface area contributed by atoms with Crippen LogP contribution in [0, 0.1) is 0 Å². The van der Waals surface area contributed by atoms with Crippen LogP contribution < -0.4 is 4.74 Å². The van der Waals surface area contributed by atoms with Crippen LogP contribution in [0.15, 0.2) is 29.4 Å². The summed E-state index contributed by atoms with van der Waals surface area (Å²) < 4.78 is 30.1. The van der Waals surface area contributed by atoms with E-state index in [0.29, 0.717) is 16.6 Å². The number of halogens is 2. The third-order valence-electron chi connectivity index (χ3n) is 3.05. The predicted molar refractivity (Wildman–Crippen MR) is 77.1 cm³/mol. The van der Waals surface area contributed by atoms with Gasteiger partial charge in [0.15, 0.2) is 5.82 Å². The summed E-state index contributed by atoms with van der Waals surface area (Å²) in [6.45, 7) is 0.109. The third kappa shape index (κ3) is 3.30. The number of rotatable bonds is 5. The van der Waals surface area contributed by atoms with Crippen LogP contribution in [-0.2, 0) is 15.7 Å². The highest BCUT2D eigenvalue weighted by molar-refractivity contribution is 8.13. The quantitative estimate of drug-likeness (QED) is 0.777. The maximum absolute atomic E-state index is 11.5. The Bertz CT molecular complexity index is 755. The first-order valence-electron chi connectivity index (χ1n) is 6.22. The van der Waals surface area contributed by atoms with Crippen molar-refractivity contribution >= 4 is 31.3 Å². The molecular weight excluding hydrogens is 337 g/mol. The van der Waals surface area contributed by atoms with E-state index < -0.39 is 9.05 Å². The summed E-state index contributed by atoms with van der Waals surface area (Å²) >= 11 is 5.79. The van der Waals surface area contributed by atoms with Crippen molar-refractivity contribution in [2.24, 2.45) is 0 Å². The van der Waals surface area contributed by atoms with Crippen molar-refractivity contribution in [3.8, 4) is 5.75 Å². The van der Waals surface area contributed by atoms with Crippen molar-refractivity contribution < 1.29 is 13.2 Å². The lowest BCUT2D eigenvalue weighted by Gasteiger charge is -2.08. The van der Waals surface area contributed by atoms with E-state index in [4.69, 9.17) is 27.0 Å². The molecule has 3 rings (SSSR count). The Labute approximate surface area is 131 Å². The van der Waals surface area contributed by atoms with E-state index in [0.717, 1.165) is 12.8 Å². The molecule has 1 saturated carbocycles. The normalized spacial score (nSPS) is 15.1. The van der Waals surface area contributed by atoms with E-state index in [2.05, 4.69) is 10.2 Å². The highest BCUT2D eigenvalue weighted by atomic mass is 35.7. The van der Waals surface area contributed by atoms with E-state index in [9.17, 15) is 8.42 Å². The second-order valence-corrected chi connectivity index (χ2v) is 7.58. The molecule has 0 radical (unpaired) electrons. The molecule has 0 aliphatic heterocycles. The standard InChI is InChI=1S/C12H11Cl2N3O3S/c13-8-1-5-10(6-2-8)20-7-11-15-16-12(21(14,18)19)17(11)9-3-4-9/h1-2,5-6,9H,3-4,7H2. The summed E-state index contributed by atoms with van der Waals surface area (Å²) in [7, 11) is 1.46. The molecule has 1 aliphatic carbocycles. The molecule has 6 nitrogen and oxygen atoms in total. The molecule has 0 saturated heterocycles. The van der Waals surface area contributed by atoms with Gasteiger partial charge in [-0.15, -0.1) is 10.2 Å². The fraction of sp³-hybridized carbons (Fsp3) is 0.333. The van der Waals surface area contributed by atoms with E-state index in [1.165, 1.54) is 4.57 Å². The highest BCUT2D eigenvalue weighted by Gasteiger charge is 2.33. The van der Waals surface area contributed by atoms with Gasteiger partial charge in [-0.3, -0.25) is 4.57 Å². The van der Waals surface area contributed by atoms with Gasteiger partial charge in [0, 0.05) is 21.7 Å². The zero-order valence-corrected chi connectivity index (χ0v) is 13.1. The van der Waals surface area contributed by atoms with Crippen molar-refractivity contribution in [3.05, 3.63) is 35.1 Å². The molecule has 0 amide bonds. The molecule has 0 bridgehead atoms. The molecule has 112 valence electrons. The van der Waals surface area contributed by atoms with Gasteiger partial charge in [-0.25, -0.2) is 8.42 Å². The van der Waals surface area contributed by atoms with Gasteiger partial charge in [0.25, 0.3) is 14.2 Å². The maximum atomic E-state index is 11.5. The van der Waals surface area contributed by atoms with E-state index in [1.807, 2.05) is 0 Å². The lowest BCUT2D eigenvalue weighted by molar-refractivity contribution is 0.287. The molecule has 2 aromatic rings. The molecule has 1 fully saturated rings. The average Bonchev–Trinajstić information content (AvgIpc) is 3.16. The van der Waals surface area contributed by atoms with Gasteiger partial charge in [-0.05, 0) is 37.1 Å². The molecular formula is C12H11Cl2N3O3S. The van der Waals surface area contributed by atoms with Crippen molar-refractivity contribution in [1.29, 1.82) is 0 Å². The minimum absolute atomic E-state index is 0.0762. The molecule has 0 N–H and O–H groups in total. The van der Waals surface area contributed by atoms with Gasteiger partial charge in [0.1, 0.15) is 12.4 Å². The van der Waals surface area contributed by atoms with Crippen LogP contribution in [0.2, 0.25) is 5.02 Å². The van der Waals surface area contributed by atoms with Gasteiger partial charge >= 0.3 is 0 Å². The molecule has 1 aliphatic rings. The zero-order valence-electron chi connectivity index (χ0n) is 10.7. The number of hydrogen-bond donors (Lipinski definition) is 0. The van der Waals surface area contributed by atoms with Gasteiger partial charge in [0.05, 0.1) is 0 Å². The average molecular weight is 348 g/mol. The Morgan fingerprint density at radius 1 is 1.24 bits per heavy atom. The van der Waals surface area contributed by atoms with Gasteiger partial charge in [-0.1, -0.05) is 11.6 Å². The van der Waals surface area contributed by atoms with E-state index in [1.54, 1.807) is 24.3 Å². The largest absolute Gasteiger partial charge is 0.486 e. The number of nitrogens with zero attached hydrogens (tertiary/aromatic N) is 3. The second-order valence-electron chi connectivity index (χ2n) is 4.68. The monoisotopic (exact) mass is 347 g/mol. The Morgan fingerprint density at radius 2 is 1.90 bits per heavy atom. The first kappa shape index (κ1) is 14.6. The fourth-order valence-electron chi connectivity index (χ4n) is 1.95. The third-order valence-corrected chi connectivity index (χ3v) is 4.43. The van der Waals surface area contributed by atoms with E-state index in [-0.39, 0.29) is 17.8 Å². The van der Waals surface area contributed by atoms with Gasteiger partial charge in [0.2, 0.25) is 0 Å². The summed E-state index contributed by atoms with van der Waals surface area (Å²) in [6.07, 6.45) is 1.76. The van der Waals surface area contributed by atoms with Crippen molar-refractivity contribution in [2.75, 3.05) is 0 Å². The minimum Gasteiger partial charge on any atom is -0.486 e.